The van der Waals surface area contributed by atoms with Crippen LogP contribution in [0, 0.1) is 0 Å². The first-order valence-electron chi connectivity index (χ1n) is 8.76. The highest BCUT2D eigenvalue weighted by Crippen LogP contribution is 2.38. The number of carbonyl (C=O) groups excluding carboxylic acids is 2. The summed E-state index contributed by atoms with van der Waals surface area (Å²) in [6.45, 7) is 11.8. The summed E-state index contributed by atoms with van der Waals surface area (Å²) in [5, 5.41) is 2.97. The molecule has 0 aromatic heterocycles. The van der Waals surface area contributed by atoms with E-state index in [4.69, 9.17) is 9.16 Å². The summed E-state index contributed by atoms with van der Waals surface area (Å²) in [5.74, 6) is 0.398. The topological polar surface area (TPSA) is 67.9 Å². The van der Waals surface area contributed by atoms with Gasteiger partial charge in [0, 0.05) is 10.6 Å². The van der Waals surface area contributed by atoms with E-state index < -0.39 is 8.32 Å². The molecule has 1 saturated heterocycles. The molecule has 142 valence electrons. The zero-order chi connectivity index (χ0) is 19.1. The van der Waals surface area contributed by atoms with Crippen molar-refractivity contribution >= 4 is 43.5 Å². The molecule has 0 bridgehead atoms. The number of nitrogens with zero attached hydrogens (tertiary/aromatic N) is 1. The molecule has 26 heavy (non-hydrogen) atoms. The summed E-state index contributed by atoms with van der Waals surface area (Å²) in [7, 11) is -1.88. The summed E-state index contributed by atoms with van der Waals surface area (Å²) in [6.07, 6.45) is -0.653. The highest BCUT2D eigenvalue weighted by molar-refractivity contribution is 8.00. The average molecular weight is 395 g/mol. The predicted molar refractivity (Wildman–Crippen MR) is 107 cm³/mol. The van der Waals surface area contributed by atoms with E-state index in [1.807, 2.05) is 18.2 Å². The Morgan fingerprint density at radius 2 is 2.08 bits per heavy atom. The summed E-state index contributed by atoms with van der Waals surface area (Å²) in [6, 6.07) is 5.65. The Labute approximate surface area is 159 Å². The minimum atomic E-state index is -1.88. The van der Waals surface area contributed by atoms with Crippen LogP contribution in [-0.2, 0) is 14.0 Å². The van der Waals surface area contributed by atoms with Crippen LogP contribution in [0.25, 0.3) is 0 Å². The zero-order valence-electron chi connectivity index (χ0n) is 15.9. The van der Waals surface area contributed by atoms with E-state index in [9.17, 15) is 9.59 Å². The van der Waals surface area contributed by atoms with Crippen molar-refractivity contribution < 1.29 is 18.8 Å². The lowest BCUT2D eigenvalue weighted by Gasteiger charge is -2.36. The normalized spacial score (nSPS) is 20.7. The molecule has 2 aliphatic rings. The zero-order valence-corrected chi connectivity index (χ0v) is 17.7. The lowest BCUT2D eigenvalue weighted by atomic mass is 10.2. The van der Waals surface area contributed by atoms with E-state index >= 15 is 0 Å². The van der Waals surface area contributed by atoms with Crippen molar-refractivity contribution in [3.63, 3.8) is 0 Å². The molecule has 2 aliphatic heterocycles. The van der Waals surface area contributed by atoms with Gasteiger partial charge in [0.2, 0.25) is 5.91 Å². The molecule has 2 heterocycles. The van der Waals surface area contributed by atoms with E-state index in [1.165, 1.54) is 11.8 Å². The van der Waals surface area contributed by atoms with Crippen LogP contribution in [0.2, 0.25) is 18.1 Å². The molecule has 1 aromatic carbocycles. The Morgan fingerprint density at radius 1 is 1.35 bits per heavy atom. The van der Waals surface area contributed by atoms with Crippen LogP contribution in [0.15, 0.2) is 23.1 Å². The summed E-state index contributed by atoms with van der Waals surface area (Å²) in [5.41, 5.74) is 1.48. The van der Waals surface area contributed by atoms with Gasteiger partial charge in [0.15, 0.2) is 8.32 Å². The molecule has 8 heteroatoms. The van der Waals surface area contributed by atoms with Crippen LogP contribution >= 0.6 is 11.8 Å². The number of hydrogen-bond donors (Lipinski definition) is 1. The molecule has 1 N–H and O–H groups in total. The minimum absolute atomic E-state index is 0.0238. The number of nitrogens with one attached hydrogen (secondary N) is 1. The van der Waals surface area contributed by atoms with Gasteiger partial charge in [-0.15, -0.1) is 11.8 Å². The fourth-order valence-corrected chi connectivity index (χ4v) is 4.40. The lowest BCUT2D eigenvalue weighted by Crippen LogP contribution is -2.43. The molecule has 2 amide bonds. The Morgan fingerprint density at radius 3 is 2.77 bits per heavy atom. The lowest BCUT2D eigenvalue weighted by molar-refractivity contribution is -0.113. The summed E-state index contributed by atoms with van der Waals surface area (Å²) in [4.78, 5) is 26.5. The van der Waals surface area contributed by atoms with Gasteiger partial charge in [0.05, 0.1) is 24.6 Å². The molecule has 0 saturated carbocycles. The second-order valence-corrected chi connectivity index (χ2v) is 14.0. The Balaban J connectivity index is 1.67. The van der Waals surface area contributed by atoms with Crippen molar-refractivity contribution in [1.29, 1.82) is 0 Å². The van der Waals surface area contributed by atoms with E-state index in [0.717, 1.165) is 16.3 Å². The molecule has 1 atom stereocenters. The monoisotopic (exact) mass is 394 g/mol. The van der Waals surface area contributed by atoms with Crippen molar-refractivity contribution in [2.24, 2.45) is 0 Å². The smallest absolute Gasteiger partial charge is 0.414 e. The molecule has 0 unspecified atom stereocenters. The SMILES string of the molecule is CC(C)(C)[Si](C)(C)OC[C@@H]1CN(c2ccc3c(c2)NC(=O)CS3)C(=O)O1. The predicted octanol–water partition coefficient (Wildman–Crippen LogP) is 4.08. The van der Waals surface area contributed by atoms with Gasteiger partial charge in [-0.05, 0) is 36.3 Å². The third-order valence-electron chi connectivity index (χ3n) is 5.22. The number of benzene rings is 1. The third-order valence-corrected chi connectivity index (χ3v) is 10.8. The van der Waals surface area contributed by atoms with Crippen molar-refractivity contribution in [3.05, 3.63) is 18.2 Å². The van der Waals surface area contributed by atoms with Crippen LogP contribution in [0.5, 0.6) is 0 Å². The van der Waals surface area contributed by atoms with Gasteiger partial charge in [-0.25, -0.2) is 4.79 Å². The second-order valence-electron chi connectivity index (χ2n) is 8.21. The molecule has 6 nitrogen and oxygen atoms in total. The van der Waals surface area contributed by atoms with Gasteiger partial charge >= 0.3 is 6.09 Å². The fraction of sp³-hybridized carbons (Fsp3) is 0.556. The largest absolute Gasteiger partial charge is 0.442 e. The Bertz CT molecular complexity index is 732. The van der Waals surface area contributed by atoms with Crippen molar-refractivity contribution in [3.8, 4) is 0 Å². The molecule has 0 radical (unpaired) electrons. The summed E-state index contributed by atoms with van der Waals surface area (Å²) >= 11 is 1.50. The Hall–Kier alpha value is -1.51. The van der Waals surface area contributed by atoms with Gasteiger partial charge in [0.1, 0.15) is 6.10 Å². The van der Waals surface area contributed by atoms with Crippen molar-refractivity contribution in [2.45, 2.75) is 49.9 Å². The average Bonchev–Trinajstić information content (AvgIpc) is 2.92. The highest BCUT2D eigenvalue weighted by Gasteiger charge is 2.40. The minimum Gasteiger partial charge on any atom is -0.442 e. The number of anilines is 2. The number of cyclic esters (lactones) is 1. The molecule has 0 aliphatic carbocycles. The van der Waals surface area contributed by atoms with Gasteiger partial charge in [-0.3, -0.25) is 9.69 Å². The standard InChI is InChI=1S/C18H26N2O4SSi/c1-18(2,3)26(4,5)23-10-13-9-20(17(22)24-13)12-6-7-15-14(8-12)19-16(21)11-25-15/h6-8,13H,9-11H2,1-5H3,(H,19,21)/t13-/m0/s1. The van der Waals surface area contributed by atoms with E-state index in [2.05, 4.69) is 39.2 Å². The van der Waals surface area contributed by atoms with E-state index in [1.54, 1.807) is 4.90 Å². The first-order valence-corrected chi connectivity index (χ1v) is 12.6. The Kier molecular flexibility index (Phi) is 5.11. The van der Waals surface area contributed by atoms with Crippen LogP contribution in [0.3, 0.4) is 0 Å². The van der Waals surface area contributed by atoms with Gasteiger partial charge < -0.3 is 14.5 Å². The van der Waals surface area contributed by atoms with Crippen LogP contribution in [0.4, 0.5) is 16.2 Å². The maximum absolute atomic E-state index is 12.3. The molecule has 1 fully saturated rings. The molecule has 3 rings (SSSR count). The van der Waals surface area contributed by atoms with Gasteiger partial charge in [-0.1, -0.05) is 20.8 Å². The second kappa shape index (κ2) is 6.90. The number of carbonyl (C=O) groups is 2. The fourth-order valence-electron chi connectivity index (χ4n) is 2.58. The molecular weight excluding hydrogens is 368 g/mol. The quantitative estimate of drug-likeness (QED) is 0.780. The van der Waals surface area contributed by atoms with Crippen molar-refractivity contribution in [2.75, 3.05) is 29.1 Å². The van der Waals surface area contributed by atoms with Crippen LogP contribution in [-0.4, -0.2) is 45.3 Å². The number of hydrogen-bond acceptors (Lipinski definition) is 5. The number of thioether (sulfide) groups is 1. The number of amides is 2. The number of fused-ring (bicyclic) bond motifs is 1. The molecule has 0 spiro atoms. The number of rotatable bonds is 4. The van der Waals surface area contributed by atoms with Gasteiger partial charge in [-0.2, -0.15) is 0 Å². The first kappa shape index (κ1) is 19.3. The molecular formula is C18H26N2O4SSi. The van der Waals surface area contributed by atoms with Crippen LogP contribution < -0.4 is 10.2 Å². The van der Waals surface area contributed by atoms with Crippen LogP contribution in [0.1, 0.15) is 20.8 Å². The van der Waals surface area contributed by atoms with E-state index in [-0.39, 0.29) is 23.1 Å². The first-order chi connectivity index (χ1) is 12.1. The maximum atomic E-state index is 12.3. The molecule has 1 aromatic rings. The summed E-state index contributed by atoms with van der Waals surface area (Å²) < 4.78 is 11.7. The maximum Gasteiger partial charge on any atom is 0.414 e. The van der Waals surface area contributed by atoms with Gasteiger partial charge in [0.25, 0.3) is 0 Å². The van der Waals surface area contributed by atoms with E-state index in [0.29, 0.717) is 18.9 Å². The third kappa shape index (κ3) is 3.92. The number of ether oxygens (including phenoxy) is 1. The van der Waals surface area contributed by atoms with Crippen molar-refractivity contribution in [1.82, 2.24) is 0 Å². The highest BCUT2D eigenvalue weighted by atomic mass is 32.2.